The van der Waals surface area contributed by atoms with Gasteiger partial charge >= 0.3 is 12.0 Å². The lowest BCUT2D eigenvalue weighted by Gasteiger charge is -2.23. The van der Waals surface area contributed by atoms with Gasteiger partial charge in [-0.1, -0.05) is 6.92 Å². The quantitative estimate of drug-likeness (QED) is 0.452. The van der Waals surface area contributed by atoms with Crippen LogP contribution in [0.2, 0.25) is 0 Å². The largest absolute Gasteiger partial charge is 0.480 e. The van der Waals surface area contributed by atoms with Crippen LogP contribution in [0, 0.1) is 0 Å². The summed E-state index contributed by atoms with van der Waals surface area (Å²) >= 11 is 0. The molecule has 0 spiro atoms. The zero-order valence-corrected chi connectivity index (χ0v) is 11.2. The Morgan fingerprint density at radius 3 is 2.37 bits per heavy atom. The van der Waals surface area contributed by atoms with E-state index in [1.165, 1.54) is 11.9 Å². The average molecular weight is 275 g/mol. The van der Waals surface area contributed by atoms with Crippen LogP contribution in [-0.2, 0) is 9.59 Å². The number of amides is 3. The molecule has 8 heteroatoms. The topological polar surface area (TPSA) is 119 Å². The summed E-state index contributed by atoms with van der Waals surface area (Å²) in [5.74, 6) is -1.56. The van der Waals surface area contributed by atoms with Crippen LogP contribution in [0.3, 0.4) is 0 Å². The molecule has 3 amide bonds. The van der Waals surface area contributed by atoms with E-state index < -0.39 is 18.0 Å². The van der Waals surface area contributed by atoms with Crippen molar-refractivity contribution in [3.05, 3.63) is 0 Å². The number of carboxylic acid groups (broad SMARTS) is 1. The van der Waals surface area contributed by atoms with Crippen molar-refractivity contribution in [2.45, 2.75) is 25.8 Å². The third-order valence-electron chi connectivity index (χ3n) is 2.41. The molecular formula is C11H21N3O5. The van der Waals surface area contributed by atoms with Gasteiger partial charge in [0.05, 0.1) is 0 Å². The molecule has 0 aliphatic carbocycles. The van der Waals surface area contributed by atoms with Gasteiger partial charge < -0.3 is 25.7 Å². The highest BCUT2D eigenvalue weighted by Crippen LogP contribution is 1.97. The molecule has 19 heavy (non-hydrogen) atoms. The maximum absolute atomic E-state index is 11.9. The van der Waals surface area contributed by atoms with E-state index in [4.69, 9.17) is 10.2 Å². The summed E-state index contributed by atoms with van der Waals surface area (Å²) in [4.78, 5) is 35.2. The van der Waals surface area contributed by atoms with Gasteiger partial charge in [0.25, 0.3) is 0 Å². The van der Waals surface area contributed by atoms with E-state index >= 15 is 0 Å². The molecule has 1 unspecified atom stereocenters. The van der Waals surface area contributed by atoms with Crippen molar-refractivity contribution < 1.29 is 24.6 Å². The molecule has 4 N–H and O–H groups in total. The zero-order chi connectivity index (χ0) is 14.8. The molecule has 110 valence electrons. The standard InChI is InChI=1S/C11H21N3O5/c1-3-5-14(7-9(16)12-2)11(19)13-8(4-6-15)10(17)18/h8,15H,3-7H2,1-2H3,(H,12,16)(H,13,19)(H,17,18). The molecule has 1 atom stereocenters. The summed E-state index contributed by atoms with van der Waals surface area (Å²) in [5.41, 5.74) is 0. The van der Waals surface area contributed by atoms with Crippen LogP contribution < -0.4 is 10.6 Å². The van der Waals surface area contributed by atoms with Crippen LogP contribution in [0.1, 0.15) is 19.8 Å². The highest BCUT2D eigenvalue weighted by molar-refractivity contribution is 5.86. The number of nitrogens with zero attached hydrogens (tertiary/aromatic N) is 1. The van der Waals surface area contributed by atoms with Crippen LogP contribution in [0.25, 0.3) is 0 Å². The highest BCUT2D eigenvalue weighted by Gasteiger charge is 2.23. The smallest absolute Gasteiger partial charge is 0.326 e. The molecule has 0 aromatic rings. The second kappa shape index (κ2) is 9.15. The Balaban J connectivity index is 4.60. The van der Waals surface area contributed by atoms with Gasteiger partial charge in [0.2, 0.25) is 5.91 Å². The van der Waals surface area contributed by atoms with Gasteiger partial charge in [-0.05, 0) is 6.42 Å². The number of nitrogens with one attached hydrogen (secondary N) is 2. The number of aliphatic hydroxyl groups is 1. The Kier molecular flexibility index (Phi) is 8.27. The zero-order valence-electron chi connectivity index (χ0n) is 11.2. The SMILES string of the molecule is CCCN(CC(=O)NC)C(=O)NC(CCO)C(=O)O. The molecule has 0 aromatic heterocycles. The lowest BCUT2D eigenvalue weighted by atomic mass is 10.2. The predicted octanol–water partition coefficient (Wildman–Crippen LogP) is -1.01. The summed E-state index contributed by atoms with van der Waals surface area (Å²) in [6.45, 7) is 1.69. The lowest BCUT2D eigenvalue weighted by molar-refractivity contribution is -0.139. The molecule has 0 rings (SSSR count). The molecule has 0 aliphatic heterocycles. The average Bonchev–Trinajstić information content (AvgIpc) is 2.37. The first-order valence-electron chi connectivity index (χ1n) is 6.05. The summed E-state index contributed by atoms with van der Waals surface area (Å²) < 4.78 is 0. The third kappa shape index (κ3) is 6.61. The fraction of sp³-hybridized carbons (Fsp3) is 0.727. The predicted molar refractivity (Wildman–Crippen MR) is 67.6 cm³/mol. The van der Waals surface area contributed by atoms with Crippen LogP contribution in [0.4, 0.5) is 4.79 Å². The number of carbonyl (C=O) groups excluding carboxylic acids is 2. The van der Waals surface area contributed by atoms with E-state index in [-0.39, 0.29) is 25.5 Å². The Morgan fingerprint density at radius 2 is 1.95 bits per heavy atom. The van der Waals surface area contributed by atoms with Gasteiger partial charge in [-0.15, -0.1) is 0 Å². The fourth-order valence-corrected chi connectivity index (χ4v) is 1.40. The molecule has 0 aliphatic rings. The van der Waals surface area contributed by atoms with E-state index in [1.807, 2.05) is 6.92 Å². The van der Waals surface area contributed by atoms with Crippen molar-refractivity contribution in [2.24, 2.45) is 0 Å². The summed E-state index contributed by atoms with van der Waals surface area (Å²) in [5, 5.41) is 22.3. The molecule has 0 saturated carbocycles. The first kappa shape index (κ1) is 17.2. The van der Waals surface area contributed by atoms with E-state index in [9.17, 15) is 14.4 Å². The minimum Gasteiger partial charge on any atom is -0.480 e. The molecule has 8 nitrogen and oxygen atoms in total. The first-order chi connectivity index (χ1) is 8.96. The number of hydrogen-bond acceptors (Lipinski definition) is 4. The molecule has 0 heterocycles. The van der Waals surface area contributed by atoms with Crippen molar-refractivity contribution in [1.29, 1.82) is 0 Å². The minimum absolute atomic E-state index is 0.0823. The van der Waals surface area contributed by atoms with Crippen LogP contribution in [0.5, 0.6) is 0 Å². The van der Waals surface area contributed by atoms with Gasteiger partial charge in [-0.25, -0.2) is 9.59 Å². The second-order valence-corrected chi connectivity index (χ2v) is 3.95. The van der Waals surface area contributed by atoms with E-state index in [0.717, 1.165) is 0 Å². The molecular weight excluding hydrogens is 254 g/mol. The van der Waals surface area contributed by atoms with E-state index in [0.29, 0.717) is 13.0 Å². The second-order valence-electron chi connectivity index (χ2n) is 3.95. The van der Waals surface area contributed by atoms with Gasteiger partial charge in [0.15, 0.2) is 0 Å². The molecule has 0 radical (unpaired) electrons. The number of likely N-dealkylation sites (N-methyl/N-ethyl adjacent to an activating group) is 1. The summed E-state index contributed by atoms with van der Waals surface area (Å²) in [7, 11) is 1.45. The van der Waals surface area contributed by atoms with E-state index in [1.54, 1.807) is 0 Å². The number of hydrogen-bond donors (Lipinski definition) is 4. The summed E-state index contributed by atoms with van der Waals surface area (Å²) in [6, 6.07) is -1.80. The first-order valence-corrected chi connectivity index (χ1v) is 6.05. The van der Waals surface area contributed by atoms with Crippen molar-refractivity contribution in [1.82, 2.24) is 15.5 Å². The maximum Gasteiger partial charge on any atom is 0.326 e. The van der Waals surface area contributed by atoms with Crippen LogP contribution >= 0.6 is 0 Å². The number of carbonyl (C=O) groups is 3. The number of carboxylic acids is 1. The molecule has 0 saturated heterocycles. The minimum atomic E-state index is -1.22. The monoisotopic (exact) mass is 275 g/mol. The number of aliphatic hydroxyl groups excluding tert-OH is 1. The third-order valence-corrected chi connectivity index (χ3v) is 2.41. The number of aliphatic carboxylic acids is 1. The Bertz CT molecular complexity index is 319. The van der Waals surface area contributed by atoms with Gasteiger partial charge in [0, 0.05) is 26.6 Å². The Hall–Kier alpha value is -1.83. The summed E-state index contributed by atoms with van der Waals surface area (Å²) in [6.07, 6.45) is 0.559. The van der Waals surface area contributed by atoms with Crippen molar-refractivity contribution in [3.8, 4) is 0 Å². The maximum atomic E-state index is 11.9. The lowest BCUT2D eigenvalue weighted by Crippen LogP contribution is -2.50. The van der Waals surface area contributed by atoms with Crippen molar-refractivity contribution >= 4 is 17.9 Å². The Morgan fingerprint density at radius 1 is 1.32 bits per heavy atom. The molecule has 0 bridgehead atoms. The van der Waals surface area contributed by atoms with Crippen molar-refractivity contribution in [3.63, 3.8) is 0 Å². The molecule has 0 fully saturated rings. The van der Waals surface area contributed by atoms with Crippen LogP contribution in [-0.4, -0.2) is 65.8 Å². The normalized spacial score (nSPS) is 11.5. The highest BCUT2D eigenvalue weighted by atomic mass is 16.4. The molecule has 0 aromatic carbocycles. The fourth-order valence-electron chi connectivity index (χ4n) is 1.40. The van der Waals surface area contributed by atoms with Gasteiger partial charge in [-0.2, -0.15) is 0 Å². The number of urea groups is 1. The number of rotatable bonds is 8. The van der Waals surface area contributed by atoms with Crippen molar-refractivity contribution in [2.75, 3.05) is 26.7 Å². The van der Waals surface area contributed by atoms with Gasteiger partial charge in [0.1, 0.15) is 12.6 Å². The Labute approximate surface area is 111 Å². The van der Waals surface area contributed by atoms with Gasteiger partial charge in [-0.3, -0.25) is 4.79 Å². The van der Waals surface area contributed by atoms with E-state index in [2.05, 4.69) is 10.6 Å². The van der Waals surface area contributed by atoms with Crippen LogP contribution in [0.15, 0.2) is 0 Å².